The second-order valence-electron chi connectivity index (χ2n) is 4.09. The molecule has 1 aromatic rings. The molecular weight excluding hydrogens is 262 g/mol. The van der Waals surface area contributed by atoms with E-state index in [4.69, 9.17) is 5.11 Å². The lowest BCUT2D eigenvalue weighted by Crippen LogP contribution is -2.03. The van der Waals surface area contributed by atoms with E-state index in [1.54, 1.807) is 0 Å². The second kappa shape index (κ2) is 4.38. The van der Waals surface area contributed by atoms with Crippen molar-refractivity contribution in [2.24, 2.45) is 0 Å². The summed E-state index contributed by atoms with van der Waals surface area (Å²) in [4.78, 5) is 15.5. The van der Waals surface area contributed by atoms with E-state index in [0.29, 0.717) is 23.5 Å². The van der Waals surface area contributed by atoms with Crippen LogP contribution in [0.15, 0.2) is 0 Å². The van der Waals surface area contributed by atoms with Gasteiger partial charge in [0.25, 0.3) is 0 Å². The van der Waals surface area contributed by atoms with Crippen LogP contribution in [0.25, 0.3) is 0 Å². The van der Waals surface area contributed by atoms with Gasteiger partial charge in [-0.05, 0) is 12.8 Å². The molecular formula is C10H13NO4S2. The van der Waals surface area contributed by atoms with Gasteiger partial charge in [-0.1, -0.05) is 6.92 Å². The predicted molar refractivity (Wildman–Crippen MR) is 64.5 cm³/mol. The van der Waals surface area contributed by atoms with Gasteiger partial charge in [0.15, 0.2) is 9.84 Å². The van der Waals surface area contributed by atoms with Crippen molar-refractivity contribution in [1.82, 2.24) is 4.98 Å². The maximum atomic E-state index is 11.4. The summed E-state index contributed by atoms with van der Waals surface area (Å²) in [6.07, 6.45) is 1.11. The average Bonchev–Trinajstić information content (AvgIpc) is 2.80. The third-order valence-electron chi connectivity index (χ3n) is 2.82. The lowest BCUT2D eigenvalue weighted by Gasteiger charge is -2.00. The quantitative estimate of drug-likeness (QED) is 0.899. The summed E-state index contributed by atoms with van der Waals surface area (Å²) >= 11 is 1.12. The molecule has 1 aliphatic rings. The monoisotopic (exact) mass is 275 g/mol. The molecule has 0 aromatic carbocycles. The van der Waals surface area contributed by atoms with Crippen molar-refractivity contribution in [2.45, 2.75) is 25.7 Å². The third kappa shape index (κ3) is 2.50. The number of hydrogen-bond acceptors (Lipinski definition) is 5. The Bertz CT molecular complexity index is 547. The molecule has 1 saturated heterocycles. The number of thiazole rings is 1. The summed E-state index contributed by atoms with van der Waals surface area (Å²) in [6, 6.07) is 0. The van der Waals surface area contributed by atoms with Crippen molar-refractivity contribution in [2.75, 3.05) is 11.5 Å². The van der Waals surface area contributed by atoms with Gasteiger partial charge in [-0.25, -0.2) is 18.2 Å². The topological polar surface area (TPSA) is 84.3 Å². The van der Waals surface area contributed by atoms with E-state index < -0.39 is 15.8 Å². The Labute approximate surface area is 103 Å². The molecule has 5 nitrogen and oxygen atoms in total. The summed E-state index contributed by atoms with van der Waals surface area (Å²) < 4.78 is 22.7. The Morgan fingerprint density at radius 3 is 2.71 bits per heavy atom. The molecule has 0 bridgehead atoms. The van der Waals surface area contributed by atoms with Gasteiger partial charge in [-0.15, -0.1) is 11.3 Å². The number of carboxylic acids is 1. The van der Waals surface area contributed by atoms with Crippen LogP contribution in [-0.4, -0.2) is 36.0 Å². The normalized spacial score (nSPS) is 22.8. The molecule has 0 saturated carbocycles. The zero-order valence-corrected chi connectivity index (χ0v) is 11.0. The minimum Gasteiger partial charge on any atom is -0.477 e. The van der Waals surface area contributed by atoms with Gasteiger partial charge in [-0.3, -0.25) is 0 Å². The molecule has 0 radical (unpaired) electrons. The van der Waals surface area contributed by atoms with Crippen LogP contribution >= 0.6 is 11.3 Å². The van der Waals surface area contributed by atoms with E-state index in [9.17, 15) is 13.2 Å². The number of carboxylic acid groups (broad SMARTS) is 1. The van der Waals surface area contributed by atoms with Crippen LogP contribution in [0.4, 0.5) is 0 Å². The molecule has 17 heavy (non-hydrogen) atoms. The molecule has 1 N–H and O–H groups in total. The van der Waals surface area contributed by atoms with Crippen molar-refractivity contribution in [3.05, 3.63) is 15.6 Å². The maximum Gasteiger partial charge on any atom is 0.347 e. The highest BCUT2D eigenvalue weighted by Gasteiger charge is 2.32. The summed E-state index contributed by atoms with van der Waals surface area (Å²) in [6.45, 7) is 1.84. The van der Waals surface area contributed by atoms with Gasteiger partial charge in [0.05, 0.1) is 22.2 Å². The van der Waals surface area contributed by atoms with Crippen molar-refractivity contribution >= 4 is 27.1 Å². The molecule has 1 aromatic heterocycles. The first kappa shape index (κ1) is 12.5. The van der Waals surface area contributed by atoms with Crippen LogP contribution in [0.3, 0.4) is 0 Å². The van der Waals surface area contributed by atoms with E-state index in [2.05, 4.69) is 4.98 Å². The Hall–Kier alpha value is -0.950. The molecule has 0 aliphatic carbocycles. The zero-order valence-electron chi connectivity index (χ0n) is 9.34. The number of sulfone groups is 1. The molecule has 0 spiro atoms. The van der Waals surface area contributed by atoms with Gasteiger partial charge in [0.1, 0.15) is 4.88 Å². The summed E-state index contributed by atoms with van der Waals surface area (Å²) in [5.41, 5.74) is 0.557. The SMILES string of the molecule is CCc1nc(C2CCS(=O)(=O)C2)sc1C(=O)O. The Morgan fingerprint density at radius 2 is 2.29 bits per heavy atom. The van der Waals surface area contributed by atoms with E-state index in [1.165, 1.54) is 0 Å². The van der Waals surface area contributed by atoms with Crippen LogP contribution in [0.2, 0.25) is 0 Å². The smallest absolute Gasteiger partial charge is 0.347 e. The first-order valence-corrected chi connectivity index (χ1v) is 8.00. The minimum atomic E-state index is -2.95. The number of aryl methyl sites for hydroxylation is 1. The fourth-order valence-corrected chi connectivity index (χ4v) is 4.92. The van der Waals surface area contributed by atoms with Gasteiger partial charge in [0, 0.05) is 5.92 Å². The maximum absolute atomic E-state index is 11.4. The van der Waals surface area contributed by atoms with Crippen molar-refractivity contribution in [3.63, 3.8) is 0 Å². The predicted octanol–water partition coefficient (Wildman–Crippen LogP) is 1.31. The van der Waals surface area contributed by atoms with Crippen LogP contribution in [0.1, 0.15) is 39.6 Å². The largest absolute Gasteiger partial charge is 0.477 e. The van der Waals surface area contributed by atoms with Crippen molar-refractivity contribution in [3.8, 4) is 0 Å². The molecule has 1 aliphatic heterocycles. The summed E-state index contributed by atoms with van der Waals surface area (Å²) in [7, 11) is -2.95. The fourth-order valence-electron chi connectivity index (χ4n) is 1.94. The molecule has 2 heterocycles. The lowest BCUT2D eigenvalue weighted by atomic mass is 10.1. The van der Waals surface area contributed by atoms with Crippen LogP contribution < -0.4 is 0 Å². The van der Waals surface area contributed by atoms with E-state index in [-0.39, 0.29) is 22.3 Å². The highest BCUT2D eigenvalue weighted by molar-refractivity contribution is 7.91. The Balaban J connectivity index is 2.32. The fraction of sp³-hybridized carbons (Fsp3) is 0.600. The molecule has 0 amide bonds. The standard InChI is InChI=1S/C10H13NO4S2/c1-2-7-8(10(12)13)16-9(11-7)6-3-4-17(14,15)5-6/h6H,2-5H2,1H3,(H,12,13). The number of nitrogens with zero attached hydrogens (tertiary/aromatic N) is 1. The number of aromatic nitrogens is 1. The minimum absolute atomic E-state index is 0.0999. The van der Waals surface area contributed by atoms with Crippen LogP contribution in [0, 0.1) is 0 Å². The van der Waals surface area contributed by atoms with E-state index in [0.717, 1.165) is 11.3 Å². The average molecular weight is 275 g/mol. The number of aromatic carboxylic acids is 1. The number of hydrogen-bond donors (Lipinski definition) is 1. The summed E-state index contributed by atoms with van der Waals surface area (Å²) in [5, 5.41) is 9.66. The third-order valence-corrected chi connectivity index (χ3v) is 5.84. The molecule has 7 heteroatoms. The summed E-state index contributed by atoms with van der Waals surface area (Å²) in [5.74, 6) is -0.820. The van der Waals surface area contributed by atoms with Gasteiger partial charge < -0.3 is 5.11 Å². The second-order valence-corrected chi connectivity index (χ2v) is 7.35. The number of carbonyl (C=O) groups is 1. The highest BCUT2D eigenvalue weighted by atomic mass is 32.2. The Kier molecular flexibility index (Phi) is 3.22. The van der Waals surface area contributed by atoms with Crippen molar-refractivity contribution < 1.29 is 18.3 Å². The van der Waals surface area contributed by atoms with E-state index in [1.807, 2.05) is 6.92 Å². The van der Waals surface area contributed by atoms with Crippen LogP contribution in [0.5, 0.6) is 0 Å². The lowest BCUT2D eigenvalue weighted by molar-refractivity contribution is 0.0701. The molecule has 1 atom stereocenters. The number of rotatable bonds is 3. The van der Waals surface area contributed by atoms with Gasteiger partial charge in [-0.2, -0.15) is 0 Å². The molecule has 2 rings (SSSR count). The molecule has 1 unspecified atom stereocenters. The molecule has 94 valence electrons. The van der Waals surface area contributed by atoms with Gasteiger partial charge in [0.2, 0.25) is 0 Å². The van der Waals surface area contributed by atoms with Crippen molar-refractivity contribution in [1.29, 1.82) is 0 Å². The molecule has 1 fully saturated rings. The van der Waals surface area contributed by atoms with Crippen LogP contribution in [-0.2, 0) is 16.3 Å². The zero-order chi connectivity index (χ0) is 12.6. The highest BCUT2D eigenvalue weighted by Crippen LogP contribution is 2.33. The Morgan fingerprint density at radius 1 is 1.59 bits per heavy atom. The van der Waals surface area contributed by atoms with E-state index >= 15 is 0 Å². The van der Waals surface area contributed by atoms with Gasteiger partial charge >= 0.3 is 5.97 Å². The first-order chi connectivity index (χ1) is 7.93. The first-order valence-electron chi connectivity index (χ1n) is 5.36.